The first-order chi connectivity index (χ1) is 9.65. The van der Waals surface area contributed by atoms with Crippen molar-refractivity contribution in [2.24, 2.45) is 5.92 Å². The van der Waals surface area contributed by atoms with Gasteiger partial charge in [0, 0.05) is 25.0 Å². The van der Waals surface area contributed by atoms with E-state index in [9.17, 15) is 4.79 Å². The minimum Gasteiger partial charge on any atom is -0.481 e. The Labute approximate surface area is 121 Å². The Morgan fingerprint density at radius 1 is 1.45 bits per heavy atom. The third-order valence-corrected chi connectivity index (χ3v) is 4.91. The Morgan fingerprint density at radius 2 is 2.25 bits per heavy atom. The fraction of sp³-hybridized carbons (Fsp3) is 0.769. The summed E-state index contributed by atoms with van der Waals surface area (Å²) in [4.78, 5) is 10.7. The summed E-state index contributed by atoms with van der Waals surface area (Å²) in [5.41, 5.74) is 0. The van der Waals surface area contributed by atoms with Gasteiger partial charge in [-0.3, -0.25) is 4.79 Å². The number of nitrogens with zero attached hydrogens (tertiary/aromatic N) is 3. The zero-order valence-corrected chi connectivity index (χ0v) is 12.3. The van der Waals surface area contributed by atoms with Crippen LogP contribution in [-0.2, 0) is 16.1 Å². The lowest BCUT2D eigenvalue weighted by Gasteiger charge is -2.17. The normalized spacial score (nSPS) is 26.1. The van der Waals surface area contributed by atoms with Crippen molar-refractivity contribution in [1.82, 2.24) is 14.8 Å². The average molecular weight is 297 g/mol. The smallest absolute Gasteiger partial charge is 0.313 e. The van der Waals surface area contributed by atoms with E-state index in [-0.39, 0.29) is 11.9 Å². The van der Waals surface area contributed by atoms with Crippen LogP contribution in [-0.4, -0.2) is 44.3 Å². The molecule has 1 saturated carbocycles. The zero-order chi connectivity index (χ0) is 14.1. The second-order valence-electron chi connectivity index (χ2n) is 5.53. The van der Waals surface area contributed by atoms with Gasteiger partial charge in [-0.15, -0.1) is 10.2 Å². The standard InChI is InChI=1S/C13H19N3O3S/c1-8-10(4-5-19-8)6-16-12(9-2-3-9)14-15-13(16)20-7-11(17)18/h8-10H,2-7H2,1H3,(H,17,18). The van der Waals surface area contributed by atoms with Crippen molar-refractivity contribution < 1.29 is 14.6 Å². The molecule has 0 bridgehead atoms. The molecule has 0 radical (unpaired) electrons. The third-order valence-electron chi connectivity index (χ3n) is 3.96. The highest BCUT2D eigenvalue weighted by atomic mass is 32.2. The van der Waals surface area contributed by atoms with E-state index in [1.165, 1.54) is 24.6 Å². The molecule has 2 unspecified atom stereocenters. The molecule has 7 heteroatoms. The molecular weight excluding hydrogens is 278 g/mol. The van der Waals surface area contributed by atoms with Gasteiger partial charge in [-0.1, -0.05) is 11.8 Å². The highest BCUT2D eigenvalue weighted by Crippen LogP contribution is 2.40. The maximum atomic E-state index is 10.7. The third kappa shape index (κ3) is 2.98. The molecule has 2 aliphatic rings. The van der Waals surface area contributed by atoms with Crippen molar-refractivity contribution in [3.63, 3.8) is 0 Å². The van der Waals surface area contributed by atoms with Gasteiger partial charge in [0.1, 0.15) is 5.82 Å². The molecule has 110 valence electrons. The number of carboxylic acids is 1. The molecule has 6 nitrogen and oxygen atoms in total. The highest BCUT2D eigenvalue weighted by molar-refractivity contribution is 7.99. The summed E-state index contributed by atoms with van der Waals surface area (Å²) >= 11 is 1.25. The molecular formula is C13H19N3O3S. The summed E-state index contributed by atoms with van der Waals surface area (Å²) in [5, 5.41) is 18.0. The van der Waals surface area contributed by atoms with Gasteiger partial charge in [-0.2, -0.15) is 0 Å². The zero-order valence-electron chi connectivity index (χ0n) is 11.5. The number of hydrogen-bond donors (Lipinski definition) is 1. The van der Waals surface area contributed by atoms with Gasteiger partial charge in [0.05, 0.1) is 11.9 Å². The van der Waals surface area contributed by atoms with Crippen LogP contribution in [0.5, 0.6) is 0 Å². The summed E-state index contributed by atoms with van der Waals surface area (Å²) < 4.78 is 7.74. The molecule has 0 aromatic carbocycles. The Bertz CT molecular complexity index is 501. The molecule has 2 heterocycles. The van der Waals surface area contributed by atoms with E-state index in [0.29, 0.717) is 11.8 Å². The van der Waals surface area contributed by atoms with Crippen molar-refractivity contribution in [2.75, 3.05) is 12.4 Å². The van der Waals surface area contributed by atoms with E-state index in [1.807, 2.05) is 0 Å². The quantitative estimate of drug-likeness (QED) is 0.806. The monoisotopic (exact) mass is 297 g/mol. The van der Waals surface area contributed by atoms with Gasteiger partial charge in [0.2, 0.25) is 0 Å². The van der Waals surface area contributed by atoms with Crippen LogP contribution in [0.25, 0.3) is 0 Å². The Kier molecular flexibility index (Phi) is 3.98. The SMILES string of the molecule is CC1OCCC1Cn1c(SCC(=O)O)nnc1C1CC1. The first kappa shape index (κ1) is 13.9. The minimum atomic E-state index is -0.824. The van der Waals surface area contributed by atoms with Crippen LogP contribution in [0.2, 0.25) is 0 Å². The maximum Gasteiger partial charge on any atom is 0.313 e. The van der Waals surface area contributed by atoms with Crippen LogP contribution in [0.4, 0.5) is 0 Å². The molecule has 1 aromatic rings. The number of aromatic nitrogens is 3. The molecule has 3 rings (SSSR count). The van der Waals surface area contributed by atoms with Crippen LogP contribution >= 0.6 is 11.8 Å². The van der Waals surface area contributed by atoms with Gasteiger partial charge >= 0.3 is 5.97 Å². The predicted molar refractivity (Wildman–Crippen MR) is 73.9 cm³/mol. The van der Waals surface area contributed by atoms with Crippen LogP contribution in [0, 0.1) is 5.92 Å². The van der Waals surface area contributed by atoms with E-state index >= 15 is 0 Å². The molecule has 1 N–H and O–H groups in total. The fourth-order valence-corrected chi connectivity index (χ4v) is 3.27. The van der Waals surface area contributed by atoms with Crippen molar-refractivity contribution in [1.29, 1.82) is 0 Å². The van der Waals surface area contributed by atoms with Crippen molar-refractivity contribution in [2.45, 2.75) is 49.9 Å². The molecule has 0 amide bonds. The minimum absolute atomic E-state index is 0.0273. The van der Waals surface area contributed by atoms with Crippen molar-refractivity contribution in [3.05, 3.63) is 5.82 Å². The van der Waals surface area contributed by atoms with Gasteiger partial charge in [-0.05, 0) is 26.2 Å². The number of aliphatic carboxylic acids is 1. The summed E-state index contributed by atoms with van der Waals surface area (Å²) in [6.45, 7) is 3.75. The number of rotatable bonds is 6. The number of thioether (sulfide) groups is 1. The van der Waals surface area contributed by atoms with E-state index in [4.69, 9.17) is 9.84 Å². The van der Waals surface area contributed by atoms with Crippen molar-refractivity contribution in [3.8, 4) is 0 Å². The summed E-state index contributed by atoms with van der Waals surface area (Å²) in [5.74, 6) is 1.21. The maximum absolute atomic E-state index is 10.7. The number of hydrogen-bond acceptors (Lipinski definition) is 5. The summed E-state index contributed by atoms with van der Waals surface area (Å²) in [7, 11) is 0. The van der Waals surface area contributed by atoms with Gasteiger partial charge < -0.3 is 14.4 Å². The summed E-state index contributed by atoms with van der Waals surface area (Å²) in [6.07, 6.45) is 3.63. The Morgan fingerprint density at radius 3 is 2.85 bits per heavy atom. The molecule has 1 aliphatic carbocycles. The number of carbonyl (C=O) groups is 1. The predicted octanol–water partition coefficient (Wildman–Crippen LogP) is 1.76. The molecule has 1 saturated heterocycles. The van der Waals surface area contributed by atoms with E-state index in [0.717, 1.165) is 30.6 Å². The molecule has 20 heavy (non-hydrogen) atoms. The van der Waals surface area contributed by atoms with Crippen LogP contribution in [0.1, 0.15) is 37.9 Å². The lowest BCUT2D eigenvalue weighted by molar-refractivity contribution is -0.133. The molecule has 0 spiro atoms. The second kappa shape index (κ2) is 5.73. The fourth-order valence-electron chi connectivity index (χ4n) is 2.60. The van der Waals surface area contributed by atoms with E-state index in [1.54, 1.807) is 0 Å². The molecule has 1 aromatic heterocycles. The lowest BCUT2D eigenvalue weighted by atomic mass is 10.0. The first-order valence-electron chi connectivity index (χ1n) is 7.04. The largest absolute Gasteiger partial charge is 0.481 e. The molecule has 1 aliphatic heterocycles. The number of ether oxygens (including phenoxy) is 1. The van der Waals surface area contributed by atoms with E-state index in [2.05, 4.69) is 21.7 Å². The lowest BCUT2D eigenvalue weighted by Crippen LogP contribution is -2.20. The Hall–Kier alpha value is -1.08. The highest BCUT2D eigenvalue weighted by Gasteiger charge is 2.33. The molecule has 2 atom stereocenters. The topological polar surface area (TPSA) is 77.2 Å². The first-order valence-corrected chi connectivity index (χ1v) is 8.03. The average Bonchev–Trinajstić information content (AvgIpc) is 3.06. The second-order valence-corrected chi connectivity index (χ2v) is 6.48. The van der Waals surface area contributed by atoms with Gasteiger partial charge in [0.15, 0.2) is 5.16 Å². The number of carboxylic acid groups (broad SMARTS) is 1. The van der Waals surface area contributed by atoms with Crippen LogP contribution in [0.15, 0.2) is 5.16 Å². The van der Waals surface area contributed by atoms with Crippen LogP contribution in [0.3, 0.4) is 0 Å². The van der Waals surface area contributed by atoms with Crippen LogP contribution < -0.4 is 0 Å². The summed E-state index contributed by atoms with van der Waals surface area (Å²) in [6, 6.07) is 0. The van der Waals surface area contributed by atoms with Gasteiger partial charge in [0.25, 0.3) is 0 Å². The Balaban J connectivity index is 1.77. The van der Waals surface area contributed by atoms with E-state index < -0.39 is 5.97 Å². The van der Waals surface area contributed by atoms with Crippen molar-refractivity contribution >= 4 is 17.7 Å². The van der Waals surface area contributed by atoms with Gasteiger partial charge in [-0.25, -0.2) is 0 Å². The molecule has 2 fully saturated rings.